The molecule has 0 saturated carbocycles. The van der Waals surface area contributed by atoms with Gasteiger partial charge < -0.3 is 14.5 Å². The number of hydrogen-bond acceptors (Lipinski definition) is 5. The van der Waals surface area contributed by atoms with Crippen LogP contribution in [0.4, 0.5) is 0 Å². The second-order valence-corrected chi connectivity index (χ2v) is 9.38. The van der Waals surface area contributed by atoms with Gasteiger partial charge in [-0.2, -0.15) is 5.10 Å². The van der Waals surface area contributed by atoms with E-state index in [-0.39, 0.29) is 24.0 Å². The molecule has 8 heteroatoms. The molecule has 3 aliphatic rings. The first-order chi connectivity index (χ1) is 15.5. The molecule has 172 valence electrons. The lowest BCUT2D eigenvalue weighted by Gasteiger charge is -2.25. The van der Waals surface area contributed by atoms with Crippen LogP contribution in [0.3, 0.4) is 0 Å². The van der Waals surface area contributed by atoms with Crippen molar-refractivity contribution < 1.29 is 14.3 Å². The van der Waals surface area contributed by atoms with E-state index >= 15 is 0 Å². The summed E-state index contributed by atoms with van der Waals surface area (Å²) < 4.78 is 7.54. The number of likely N-dealkylation sites (tertiary alicyclic amines) is 2. The Bertz CT molecular complexity index is 1020. The van der Waals surface area contributed by atoms with Crippen LogP contribution in [0.25, 0.3) is 5.65 Å². The maximum absolute atomic E-state index is 13.0. The molecule has 5 rings (SSSR count). The summed E-state index contributed by atoms with van der Waals surface area (Å²) in [4.78, 5) is 34.2. The second-order valence-electron chi connectivity index (χ2n) is 9.38. The Morgan fingerprint density at radius 3 is 2.66 bits per heavy atom. The third-order valence-electron chi connectivity index (χ3n) is 7.31. The fourth-order valence-corrected chi connectivity index (χ4v) is 5.52. The molecule has 2 atom stereocenters. The first kappa shape index (κ1) is 21.4. The van der Waals surface area contributed by atoms with Gasteiger partial charge in [-0.05, 0) is 64.4 Å². The number of carbonyl (C=O) groups is 2. The molecule has 0 N–H and O–H groups in total. The van der Waals surface area contributed by atoms with E-state index in [1.165, 1.54) is 0 Å². The van der Waals surface area contributed by atoms with Crippen molar-refractivity contribution in [3.8, 4) is 0 Å². The topological polar surface area (TPSA) is 80.0 Å². The van der Waals surface area contributed by atoms with Gasteiger partial charge in [0.25, 0.3) is 5.91 Å². The number of nitrogens with zero attached hydrogens (tertiary/aromatic N) is 5. The monoisotopic (exact) mass is 439 g/mol. The van der Waals surface area contributed by atoms with E-state index in [2.05, 4.69) is 6.92 Å². The molecule has 3 fully saturated rings. The summed E-state index contributed by atoms with van der Waals surface area (Å²) >= 11 is 0. The fourth-order valence-electron chi connectivity index (χ4n) is 5.52. The Morgan fingerprint density at radius 2 is 1.91 bits per heavy atom. The third kappa shape index (κ3) is 3.89. The standard InChI is InChI=1S/C24H33N5O3/c1-16-18(9-10-23(30)27-11-3-4-12-27)17(2)29-22(25-16)15-19(26-29)20-7-5-13-28(20)24(31)21-8-6-14-32-21/h15,20-21H,3-14H2,1-2H3. The average molecular weight is 440 g/mol. The number of aryl methyl sites for hydroxylation is 2. The van der Waals surface area contributed by atoms with E-state index < -0.39 is 0 Å². The first-order valence-electron chi connectivity index (χ1n) is 12.1. The molecule has 3 saturated heterocycles. The minimum atomic E-state index is -0.297. The van der Waals surface area contributed by atoms with Gasteiger partial charge >= 0.3 is 0 Å². The molecule has 2 aromatic rings. The summed E-state index contributed by atoms with van der Waals surface area (Å²) in [5, 5.41) is 4.88. The van der Waals surface area contributed by atoms with Crippen LogP contribution < -0.4 is 0 Å². The highest BCUT2D eigenvalue weighted by molar-refractivity contribution is 5.82. The van der Waals surface area contributed by atoms with Crippen molar-refractivity contribution in [1.82, 2.24) is 24.4 Å². The van der Waals surface area contributed by atoms with E-state index in [4.69, 9.17) is 14.8 Å². The van der Waals surface area contributed by atoms with Crippen molar-refractivity contribution in [2.75, 3.05) is 26.2 Å². The molecule has 2 unspecified atom stereocenters. The molecule has 3 aliphatic heterocycles. The second kappa shape index (κ2) is 8.81. The quantitative estimate of drug-likeness (QED) is 0.716. The van der Waals surface area contributed by atoms with Crippen LogP contribution in [0, 0.1) is 13.8 Å². The van der Waals surface area contributed by atoms with Crippen molar-refractivity contribution >= 4 is 17.5 Å². The largest absolute Gasteiger partial charge is 0.368 e. The summed E-state index contributed by atoms with van der Waals surface area (Å²) in [6, 6.07) is 2.00. The summed E-state index contributed by atoms with van der Waals surface area (Å²) in [5.41, 5.74) is 4.78. The molecule has 2 amide bonds. The minimum Gasteiger partial charge on any atom is -0.368 e. The molecule has 0 aliphatic carbocycles. The van der Waals surface area contributed by atoms with Gasteiger partial charge in [0, 0.05) is 50.1 Å². The number of ether oxygens (including phenoxy) is 1. The molecule has 0 aromatic carbocycles. The van der Waals surface area contributed by atoms with Gasteiger partial charge in [-0.1, -0.05) is 0 Å². The number of carbonyl (C=O) groups excluding carboxylic acids is 2. The molecule has 8 nitrogen and oxygen atoms in total. The predicted octanol–water partition coefficient (Wildman–Crippen LogP) is 2.74. The Morgan fingerprint density at radius 1 is 1.09 bits per heavy atom. The summed E-state index contributed by atoms with van der Waals surface area (Å²) in [5.74, 6) is 0.334. The van der Waals surface area contributed by atoms with Gasteiger partial charge in [0.1, 0.15) is 6.10 Å². The normalized spacial score (nSPS) is 23.6. The number of rotatable bonds is 5. The van der Waals surface area contributed by atoms with Gasteiger partial charge in [0.2, 0.25) is 5.91 Å². The molecule has 0 radical (unpaired) electrons. The smallest absolute Gasteiger partial charge is 0.252 e. The summed E-state index contributed by atoms with van der Waals surface area (Å²) in [6.07, 6.45) is 6.77. The molecular weight excluding hydrogens is 406 g/mol. The lowest BCUT2D eigenvalue weighted by molar-refractivity contribution is -0.142. The predicted molar refractivity (Wildman–Crippen MR) is 119 cm³/mol. The lowest BCUT2D eigenvalue weighted by Crippen LogP contribution is -2.38. The van der Waals surface area contributed by atoms with Crippen LogP contribution in [-0.2, 0) is 20.7 Å². The maximum atomic E-state index is 13.0. The average Bonchev–Trinajstić information content (AvgIpc) is 3.58. The Labute approximate surface area is 188 Å². The third-order valence-corrected chi connectivity index (χ3v) is 7.31. The van der Waals surface area contributed by atoms with Crippen molar-refractivity contribution in [2.24, 2.45) is 0 Å². The molecule has 32 heavy (non-hydrogen) atoms. The lowest BCUT2D eigenvalue weighted by atomic mass is 10.1. The zero-order chi connectivity index (χ0) is 22.2. The van der Waals surface area contributed by atoms with Crippen molar-refractivity contribution in [2.45, 2.75) is 77.4 Å². The van der Waals surface area contributed by atoms with Crippen molar-refractivity contribution in [1.29, 1.82) is 0 Å². The first-order valence-corrected chi connectivity index (χ1v) is 12.1. The van der Waals surface area contributed by atoms with Crippen LogP contribution in [-0.4, -0.2) is 68.6 Å². The Balaban J connectivity index is 1.37. The molecule has 5 heterocycles. The van der Waals surface area contributed by atoms with Crippen LogP contribution in [0.2, 0.25) is 0 Å². The highest BCUT2D eigenvalue weighted by atomic mass is 16.5. The summed E-state index contributed by atoms with van der Waals surface area (Å²) in [7, 11) is 0. The van der Waals surface area contributed by atoms with Gasteiger partial charge in [-0.3, -0.25) is 9.59 Å². The highest BCUT2D eigenvalue weighted by Gasteiger charge is 2.37. The molecular formula is C24H33N5O3. The van der Waals surface area contributed by atoms with Crippen LogP contribution in [0.1, 0.15) is 73.6 Å². The molecule has 0 bridgehead atoms. The van der Waals surface area contributed by atoms with Crippen LogP contribution in [0.15, 0.2) is 6.07 Å². The maximum Gasteiger partial charge on any atom is 0.252 e. The zero-order valence-corrected chi connectivity index (χ0v) is 19.2. The fraction of sp³-hybridized carbons (Fsp3) is 0.667. The van der Waals surface area contributed by atoms with Crippen molar-refractivity contribution in [3.63, 3.8) is 0 Å². The molecule has 0 spiro atoms. The number of aromatic nitrogens is 3. The van der Waals surface area contributed by atoms with Gasteiger partial charge in [-0.25, -0.2) is 9.50 Å². The minimum absolute atomic E-state index is 0.0201. The van der Waals surface area contributed by atoms with E-state index in [1.807, 2.05) is 27.3 Å². The summed E-state index contributed by atoms with van der Waals surface area (Å²) in [6.45, 7) is 7.27. The van der Waals surface area contributed by atoms with E-state index in [0.717, 1.165) is 86.5 Å². The van der Waals surface area contributed by atoms with E-state index in [1.54, 1.807) is 0 Å². The van der Waals surface area contributed by atoms with Crippen LogP contribution in [0.5, 0.6) is 0 Å². The zero-order valence-electron chi connectivity index (χ0n) is 19.2. The number of fused-ring (bicyclic) bond motifs is 1. The Kier molecular flexibility index (Phi) is 5.88. The van der Waals surface area contributed by atoms with Gasteiger partial charge in [0.15, 0.2) is 5.65 Å². The van der Waals surface area contributed by atoms with Crippen LogP contribution >= 0.6 is 0 Å². The van der Waals surface area contributed by atoms with Gasteiger partial charge in [-0.15, -0.1) is 0 Å². The Hall–Kier alpha value is -2.48. The SMILES string of the molecule is Cc1nc2cc(C3CCCN3C(=O)C3CCCO3)nn2c(C)c1CCC(=O)N1CCCC1. The number of hydrogen-bond donors (Lipinski definition) is 0. The van der Waals surface area contributed by atoms with Crippen molar-refractivity contribution in [3.05, 3.63) is 28.7 Å². The van der Waals surface area contributed by atoms with E-state index in [9.17, 15) is 9.59 Å². The highest BCUT2D eigenvalue weighted by Crippen LogP contribution is 2.34. The molecule has 2 aromatic heterocycles. The van der Waals surface area contributed by atoms with Gasteiger partial charge in [0.05, 0.1) is 11.7 Å². The number of amides is 2. The van der Waals surface area contributed by atoms with E-state index in [0.29, 0.717) is 19.4 Å².